The molecule has 7 nitrogen and oxygen atoms in total. The van der Waals surface area contributed by atoms with Gasteiger partial charge in [0.2, 0.25) is 0 Å². The van der Waals surface area contributed by atoms with Crippen molar-refractivity contribution >= 4 is 17.9 Å². The number of carbonyl (C=O) groups excluding carboxylic acids is 1. The number of carboxylic acid groups (broad SMARTS) is 3. The lowest BCUT2D eigenvalue weighted by Gasteiger charge is -2.44. The molecule has 0 saturated carbocycles. The minimum Gasteiger partial charge on any atom is -0.550 e. The number of unbranched alkanes of at least 4 members (excludes halogenated alkanes) is 15. The number of hydrogen-bond donors (Lipinski definition) is 2. The van der Waals surface area contributed by atoms with Gasteiger partial charge in [-0.2, -0.15) is 0 Å². The summed E-state index contributed by atoms with van der Waals surface area (Å²) in [6, 6.07) is 0. The van der Waals surface area contributed by atoms with Crippen LogP contribution < -0.4 is 5.11 Å². The molecule has 0 amide bonds. The number of allylic oxidation sites excluding steroid dienone is 2. The van der Waals surface area contributed by atoms with Crippen molar-refractivity contribution < 1.29 is 34.2 Å². The highest BCUT2D eigenvalue weighted by Gasteiger charge is 2.39. The normalized spacial score (nSPS) is 15.3. The van der Waals surface area contributed by atoms with Crippen LogP contribution in [0.5, 0.6) is 0 Å². The van der Waals surface area contributed by atoms with Crippen molar-refractivity contribution in [3.63, 3.8) is 0 Å². The average molecular weight is 610 g/mol. The number of quaternary nitrogens is 1. The van der Waals surface area contributed by atoms with Gasteiger partial charge in [0.1, 0.15) is 11.8 Å². The van der Waals surface area contributed by atoms with Gasteiger partial charge in [-0.3, -0.25) is 9.59 Å². The lowest BCUT2D eigenvalue weighted by atomic mass is 9.95. The predicted molar refractivity (Wildman–Crippen MR) is 175 cm³/mol. The molecule has 0 radical (unpaired) electrons. The fourth-order valence-electron chi connectivity index (χ4n) is 6.27. The Bertz CT molecular complexity index is 692. The molecule has 7 heteroatoms. The number of carboxylic acids is 3. The Labute approximate surface area is 264 Å². The Balaban J connectivity index is 4.70. The Kier molecular flexibility index (Phi) is 25.3. The van der Waals surface area contributed by atoms with Crippen molar-refractivity contribution in [1.82, 2.24) is 0 Å². The first-order valence-corrected chi connectivity index (χ1v) is 17.8. The van der Waals surface area contributed by atoms with E-state index in [1.807, 2.05) is 13.8 Å². The molecule has 0 aromatic heterocycles. The molecule has 3 atom stereocenters. The number of carbonyl (C=O) groups is 3. The highest BCUT2D eigenvalue weighted by molar-refractivity contribution is 5.70. The lowest BCUT2D eigenvalue weighted by molar-refractivity contribution is -0.935. The van der Waals surface area contributed by atoms with Crippen LogP contribution in [0.2, 0.25) is 0 Å². The lowest BCUT2D eigenvalue weighted by Crippen LogP contribution is -2.59. The van der Waals surface area contributed by atoms with Crippen LogP contribution in [0.1, 0.15) is 156 Å². The molecule has 0 rings (SSSR count). The molecule has 0 aromatic carbocycles. The summed E-state index contributed by atoms with van der Waals surface area (Å²) in [4.78, 5) is 35.8. The first-order valence-electron chi connectivity index (χ1n) is 17.8. The van der Waals surface area contributed by atoms with E-state index in [9.17, 15) is 29.7 Å². The summed E-state index contributed by atoms with van der Waals surface area (Å²) in [6.45, 7) is 8.93. The van der Waals surface area contributed by atoms with Crippen LogP contribution >= 0.6 is 0 Å². The predicted octanol–water partition coefficient (Wildman–Crippen LogP) is 8.01. The van der Waals surface area contributed by atoms with Crippen LogP contribution in [-0.2, 0) is 14.4 Å². The smallest absolute Gasteiger partial charge is 0.312 e. The number of rotatable bonds is 31. The molecule has 3 unspecified atom stereocenters. The molecule has 0 bridgehead atoms. The van der Waals surface area contributed by atoms with Gasteiger partial charge in [-0.05, 0) is 38.5 Å². The molecular formula is C36H67NO6. The summed E-state index contributed by atoms with van der Waals surface area (Å²) in [5, 5.41) is 31.5. The second kappa shape index (κ2) is 26.5. The number of nitrogens with zero attached hydrogens (tertiary/aromatic N) is 1. The molecular weight excluding hydrogens is 542 g/mol. The molecule has 0 aliphatic rings. The molecule has 43 heavy (non-hydrogen) atoms. The summed E-state index contributed by atoms with van der Waals surface area (Å²) >= 11 is 0. The Morgan fingerprint density at radius 3 is 1.26 bits per heavy atom. The molecule has 0 fully saturated rings. The van der Waals surface area contributed by atoms with Crippen LogP contribution in [0.15, 0.2) is 12.2 Å². The van der Waals surface area contributed by atoms with Crippen molar-refractivity contribution in [1.29, 1.82) is 0 Å². The van der Waals surface area contributed by atoms with E-state index >= 15 is 0 Å². The maximum absolute atomic E-state index is 12.0. The van der Waals surface area contributed by atoms with E-state index in [2.05, 4.69) is 19.1 Å². The van der Waals surface area contributed by atoms with Crippen LogP contribution in [-0.4, -0.2) is 58.8 Å². The van der Waals surface area contributed by atoms with Gasteiger partial charge in [0.15, 0.2) is 0 Å². The van der Waals surface area contributed by atoms with Gasteiger partial charge < -0.3 is 24.6 Å². The van der Waals surface area contributed by atoms with Gasteiger partial charge in [-0.1, -0.05) is 123 Å². The number of hydrogen-bond acceptors (Lipinski definition) is 4. The van der Waals surface area contributed by atoms with Gasteiger partial charge >= 0.3 is 11.9 Å². The summed E-state index contributed by atoms with van der Waals surface area (Å²) in [6.07, 6.45) is 27.1. The largest absolute Gasteiger partial charge is 0.550 e. The zero-order valence-corrected chi connectivity index (χ0v) is 28.3. The summed E-state index contributed by atoms with van der Waals surface area (Å²) in [5.41, 5.74) is 0. The number of aliphatic carboxylic acids is 3. The van der Waals surface area contributed by atoms with E-state index in [0.717, 1.165) is 19.3 Å². The molecule has 0 heterocycles. The van der Waals surface area contributed by atoms with Crippen molar-refractivity contribution in [2.75, 3.05) is 26.2 Å². The van der Waals surface area contributed by atoms with E-state index in [0.29, 0.717) is 25.8 Å². The third-order valence-electron chi connectivity index (χ3n) is 9.23. The van der Waals surface area contributed by atoms with Crippen molar-refractivity contribution in [2.24, 2.45) is 17.8 Å². The summed E-state index contributed by atoms with van der Waals surface area (Å²) in [7, 11) is 0. The van der Waals surface area contributed by atoms with Gasteiger partial charge in [0.05, 0.1) is 32.1 Å². The van der Waals surface area contributed by atoms with Crippen molar-refractivity contribution in [3.8, 4) is 0 Å². The molecule has 2 N–H and O–H groups in total. The highest BCUT2D eigenvalue weighted by atomic mass is 16.4. The van der Waals surface area contributed by atoms with Crippen LogP contribution in [0.3, 0.4) is 0 Å². The zero-order valence-electron chi connectivity index (χ0n) is 28.3. The average Bonchev–Trinajstić information content (AvgIpc) is 2.98. The zero-order chi connectivity index (χ0) is 32.3. The van der Waals surface area contributed by atoms with Gasteiger partial charge in [-0.25, -0.2) is 0 Å². The van der Waals surface area contributed by atoms with E-state index in [1.165, 1.54) is 89.9 Å². The monoisotopic (exact) mass is 609 g/mol. The second-order valence-electron chi connectivity index (χ2n) is 12.9. The SMILES string of the molecule is CCCCCCCCCCCCCCCC/C=C/CCC[N+](CC(CC)C(=O)[O-])(CC(CC)C(=O)O)CC(CC)C(=O)O. The molecule has 0 saturated heterocycles. The van der Waals surface area contributed by atoms with E-state index in [1.54, 1.807) is 6.92 Å². The first kappa shape index (κ1) is 41.1. The Hall–Kier alpha value is -1.89. The molecule has 0 spiro atoms. The fraction of sp³-hybridized carbons (Fsp3) is 0.861. The summed E-state index contributed by atoms with van der Waals surface area (Å²) in [5.74, 6) is -5.02. The van der Waals surface area contributed by atoms with Gasteiger partial charge in [-0.15, -0.1) is 0 Å². The third kappa shape index (κ3) is 20.7. The first-order chi connectivity index (χ1) is 20.7. The minimum absolute atomic E-state index is 0.189. The third-order valence-corrected chi connectivity index (χ3v) is 9.23. The Morgan fingerprint density at radius 1 is 0.558 bits per heavy atom. The van der Waals surface area contributed by atoms with Crippen LogP contribution in [0.4, 0.5) is 0 Å². The second-order valence-corrected chi connectivity index (χ2v) is 12.9. The maximum Gasteiger partial charge on any atom is 0.312 e. The van der Waals surface area contributed by atoms with Crippen molar-refractivity contribution in [3.05, 3.63) is 12.2 Å². The van der Waals surface area contributed by atoms with Gasteiger partial charge in [0, 0.05) is 12.3 Å². The van der Waals surface area contributed by atoms with E-state index < -0.39 is 35.7 Å². The minimum atomic E-state index is -1.15. The van der Waals surface area contributed by atoms with Crippen LogP contribution in [0, 0.1) is 17.8 Å². The Morgan fingerprint density at radius 2 is 0.907 bits per heavy atom. The topological polar surface area (TPSA) is 115 Å². The molecule has 0 aromatic rings. The standard InChI is InChI=1S/C36H67NO6/c1-5-9-10-11-12-13-14-15-16-17-18-19-20-21-22-23-24-25-26-27-37(28-31(6-2)34(38)39,29-32(7-3)35(40)41)30-33(8-4)36(42)43/h23-24,31-33H,5-22,25-30H2,1-4H3,(H2-,38,39,40,41,42,43)/b24-23+. The molecule has 0 aliphatic carbocycles. The van der Waals surface area contributed by atoms with E-state index in [4.69, 9.17) is 0 Å². The van der Waals surface area contributed by atoms with Crippen LogP contribution in [0.25, 0.3) is 0 Å². The quantitative estimate of drug-likeness (QED) is 0.0467. The molecule has 0 aliphatic heterocycles. The van der Waals surface area contributed by atoms with Gasteiger partial charge in [0.25, 0.3) is 0 Å². The molecule has 252 valence electrons. The fourth-order valence-corrected chi connectivity index (χ4v) is 6.27. The maximum atomic E-state index is 12.0. The summed E-state index contributed by atoms with van der Waals surface area (Å²) < 4.78 is 0.189. The van der Waals surface area contributed by atoms with E-state index in [-0.39, 0.29) is 24.1 Å². The highest BCUT2D eigenvalue weighted by Crippen LogP contribution is 2.25. The van der Waals surface area contributed by atoms with Crippen molar-refractivity contribution in [2.45, 2.75) is 156 Å².